The van der Waals surface area contributed by atoms with Crippen molar-refractivity contribution in [2.24, 2.45) is 5.92 Å². The minimum atomic E-state index is -0.366. The number of carbonyl (C=O) groups is 1. The first-order valence-electron chi connectivity index (χ1n) is 6.85. The average molecular weight is 296 g/mol. The third-order valence-electron chi connectivity index (χ3n) is 3.11. The van der Waals surface area contributed by atoms with Crippen molar-refractivity contribution >= 4 is 17.8 Å². The van der Waals surface area contributed by atoms with Gasteiger partial charge in [-0.15, -0.1) is 11.8 Å². The number of aliphatic hydroxyl groups excluding tert-OH is 1. The van der Waals surface area contributed by atoms with Gasteiger partial charge in [-0.25, -0.2) is 4.79 Å². The zero-order chi connectivity index (χ0) is 15.0. The third kappa shape index (κ3) is 6.30. The summed E-state index contributed by atoms with van der Waals surface area (Å²) in [5.74, 6) is 0.217. The van der Waals surface area contributed by atoms with E-state index in [-0.39, 0.29) is 18.1 Å². The van der Waals surface area contributed by atoms with Crippen LogP contribution in [-0.4, -0.2) is 30.0 Å². The van der Waals surface area contributed by atoms with Crippen LogP contribution in [0.3, 0.4) is 0 Å². The topological polar surface area (TPSA) is 61.4 Å². The van der Waals surface area contributed by atoms with Crippen LogP contribution in [0.1, 0.15) is 25.8 Å². The molecule has 0 heterocycles. The number of hydrogen-bond donors (Lipinski definition) is 3. The maximum absolute atomic E-state index is 11.6. The highest BCUT2D eigenvalue weighted by molar-refractivity contribution is 7.98. The molecule has 20 heavy (non-hydrogen) atoms. The van der Waals surface area contributed by atoms with Gasteiger partial charge in [0, 0.05) is 18.0 Å². The molecule has 0 fully saturated rings. The van der Waals surface area contributed by atoms with Crippen LogP contribution in [0.15, 0.2) is 29.2 Å². The molecule has 0 aliphatic heterocycles. The number of nitrogens with one attached hydrogen (secondary N) is 2. The number of carbonyl (C=O) groups excluding carboxylic acids is 1. The lowest BCUT2D eigenvalue weighted by molar-refractivity contribution is 0.116. The quantitative estimate of drug-likeness (QED) is 0.678. The van der Waals surface area contributed by atoms with Crippen LogP contribution in [0, 0.1) is 5.92 Å². The Bertz CT molecular complexity index is 407. The summed E-state index contributed by atoms with van der Waals surface area (Å²) in [6, 6.07) is 7.90. The Labute approximate surface area is 125 Å². The molecule has 0 spiro atoms. The Morgan fingerprint density at radius 1 is 1.25 bits per heavy atom. The number of urea groups is 1. The van der Waals surface area contributed by atoms with Gasteiger partial charge in [-0.1, -0.05) is 26.0 Å². The minimum Gasteiger partial charge on any atom is -0.393 e. The van der Waals surface area contributed by atoms with Gasteiger partial charge >= 0.3 is 6.03 Å². The van der Waals surface area contributed by atoms with Crippen LogP contribution in [0.4, 0.5) is 4.79 Å². The molecule has 0 aliphatic carbocycles. The van der Waals surface area contributed by atoms with Crippen molar-refractivity contribution in [3.05, 3.63) is 29.8 Å². The van der Waals surface area contributed by atoms with Crippen molar-refractivity contribution in [2.45, 2.75) is 37.8 Å². The number of rotatable bonds is 7. The second-order valence-electron chi connectivity index (χ2n) is 5.06. The molecule has 0 saturated carbocycles. The predicted molar refractivity (Wildman–Crippen MR) is 83.9 cm³/mol. The number of aliphatic hydroxyl groups is 1. The van der Waals surface area contributed by atoms with Crippen molar-refractivity contribution in [1.29, 1.82) is 0 Å². The molecule has 0 bridgehead atoms. The lowest BCUT2D eigenvalue weighted by Crippen LogP contribution is -2.37. The summed E-state index contributed by atoms with van der Waals surface area (Å²) in [6.07, 6.45) is 2.24. The first kappa shape index (κ1) is 16.9. The van der Waals surface area contributed by atoms with Crippen LogP contribution in [-0.2, 0) is 6.54 Å². The van der Waals surface area contributed by atoms with Crippen LogP contribution in [0.25, 0.3) is 0 Å². The zero-order valence-electron chi connectivity index (χ0n) is 12.3. The molecule has 0 aromatic heterocycles. The van der Waals surface area contributed by atoms with Crippen LogP contribution in [0.5, 0.6) is 0 Å². The number of hydrogen-bond acceptors (Lipinski definition) is 3. The smallest absolute Gasteiger partial charge is 0.315 e. The minimum absolute atomic E-state index is 0.199. The SMILES string of the molecule is CSc1ccc(CNC(=O)NCCC(O)C(C)C)cc1. The van der Waals surface area contributed by atoms with Gasteiger partial charge in [0.15, 0.2) is 0 Å². The number of thioether (sulfide) groups is 1. The Morgan fingerprint density at radius 3 is 2.45 bits per heavy atom. The summed E-state index contributed by atoms with van der Waals surface area (Å²) in [5, 5.41) is 15.2. The molecule has 112 valence electrons. The van der Waals surface area contributed by atoms with Gasteiger partial charge in [0.25, 0.3) is 0 Å². The Balaban J connectivity index is 2.22. The Hall–Kier alpha value is -1.20. The predicted octanol–water partition coefficient (Wildman–Crippen LogP) is 2.61. The molecule has 1 aromatic carbocycles. The highest BCUT2D eigenvalue weighted by Gasteiger charge is 2.09. The summed E-state index contributed by atoms with van der Waals surface area (Å²) in [4.78, 5) is 12.8. The molecule has 1 rings (SSSR count). The fourth-order valence-electron chi connectivity index (χ4n) is 1.66. The normalized spacial score (nSPS) is 12.2. The molecule has 0 saturated heterocycles. The monoisotopic (exact) mass is 296 g/mol. The third-order valence-corrected chi connectivity index (χ3v) is 3.85. The average Bonchev–Trinajstić information content (AvgIpc) is 2.45. The molecule has 1 unspecified atom stereocenters. The van der Waals surface area contributed by atoms with E-state index in [2.05, 4.69) is 10.6 Å². The van der Waals surface area contributed by atoms with E-state index >= 15 is 0 Å². The molecule has 5 heteroatoms. The Morgan fingerprint density at radius 2 is 1.90 bits per heavy atom. The molecule has 2 amide bonds. The Kier molecular flexibility index (Phi) is 7.47. The van der Waals surface area contributed by atoms with Gasteiger partial charge in [0.2, 0.25) is 0 Å². The van der Waals surface area contributed by atoms with Gasteiger partial charge in [0.1, 0.15) is 0 Å². The molecule has 3 N–H and O–H groups in total. The van der Waals surface area contributed by atoms with E-state index in [1.165, 1.54) is 4.90 Å². The van der Waals surface area contributed by atoms with E-state index < -0.39 is 0 Å². The van der Waals surface area contributed by atoms with E-state index in [0.29, 0.717) is 19.5 Å². The van der Waals surface area contributed by atoms with Crippen LogP contribution >= 0.6 is 11.8 Å². The van der Waals surface area contributed by atoms with Gasteiger partial charge in [-0.2, -0.15) is 0 Å². The summed E-state index contributed by atoms with van der Waals surface area (Å²) >= 11 is 1.69. The summed E-state index contributed by atoms with van der Waals surface area (Å²) in [7, 11) is 0. The first-order valence-corrected chi connectivity index (χ1v) is 8.08. The van der Waals surface area contributed by atoms with Crippen molar-refractivity contribution in [2.75, 3.05) is 12.8 Å². The fraction of sp³-hybridized carbons (Fsp3) is 0.533. The van der Waals surface area contributed by atoms with Gasteiger partial charge in [-0.3, -0.25) is 0 Å². The van der Waals surface area contributed by atoms with Crippen molar-refractivity contribution in [1.82, 2.24) is 10.6 Å². The second kappa shape index (κ2) is 8.87. The van der Waals surface area contributed by atoms with Gasteiger partial charge in [-0.05, 0) is 36.3 Å². The summed E-state index contributed by atoms with van der Waals surface area (Å²) < 4.78 is 0. The molecular formula is C15H24N2O2S. The van der Waals surface area contributed by atoms with Gasteiger partial charge < -0.3 is 15.7 Å². The van der Waals surface area contributed by atoms with Crippen molar-refractivity contribution < 1.29 is 9.90 Å². The van der Waals surface area contributed by atoms with Crippen LogP contribution in [0.2, 0.25) is 0 Å². The zero-order valence-corrected chi connectivity index (χ0v) is 13.2. The van der Waals surface area contributed by atoms with E-state index in [1.54, 1.807) is 11.8 Å². The van der Waals surface area contributed by atoms with Crippen LogP contribution < -0.4 is 10.6 Å². The van der Waals surface area contributed by atoms with E-state index in [0.717, 1.165) is 5.56 Å². The highest BCUT2D eigenvalue weighted by atomic mass is 32.2. The molecule has 1 aromatic rings. The molecule has 0 radical (unpaired) electrons. The molecule has 0 aliphatic rings. The fourth-order valence-corrected chi connectivity index (χ4v) is 2.06. The standard InChI is InChI=1S/C15H24N2O2S/c1-11(2)14(18)8-9-16-15(19)17-10-12-4-6-13(20-3)7-5-12/h4-7,11,14,18H,8-10H2,1-3H3,(H2,16,17,19). The maximum Gasteiger partial charge on any atom is 0.315 e. The van der Waals surface area contributed by atoms with Crippen molar-refractivity contribution in [3.63, 3.8) is 0 Å². The summed E-state index contributed by atoms with van der Waals surface area (Å²) in [5.41, 5.74) is 1.07. The lowest BCUT2D eigenvalue weighted by atomic mass is 10.0. The van der Waals surface area contributed by atoms with E-state index in [4.69, 9.17) is 0 Å². The van der Waals surface area contributed by atoms with Crippen molar-refractivity contribution in [3.8, 4) is 0 Å². The highest BCUT2D eigenvalue weighted by Crippen LogP contribution is 2.14. The number of benzene rings is 1. The second-order valence-corrected chi connectivity index (χ2v) is 5.94. The molecule has 1 atom stereocenters. The summed E-state index contributed by atoms with van der Waals surface area (Å²) in [6.45, 7) is 4.91. The van der Waals surface area contributed by atoms with Gasteiger partial charge in [0.05, 0.1) is 6.10 Å². The van der Waals surface area contributed by atoms with E-state index in [1.807, 2.05) is 44.4 Å². The maximum atomic E-state index is 11.6. The largest absolute Gasteiger partial charge is 0.393 e. The first-order chi connectivity index (χ1) is 9.52. The lowest BCUT2D eigenvalue weighted by Gasteiger charge is -2.14. The van der Waals surface area contributed by atoms with E-state index in [9.17, 15) is 9.90 Å². The molecular weight excluding hydrogens is 272 g/mol. The number of amides is 2. The molecule has 4 nitrogen and oxygen atoms in total.